The highest BCUT2D eigenvalue weighted by atomic mass is 79.9. The first-order valence-corrected chi connectivity index (χ1v) is 17.8. The van der Waals surface area contributed by atoms with E-state index in [1.165, 1.54) is 0 Å². The Morgan fingerprint density at radius 2 is 0.906 bits per heavy atom. The van der Waals surface area contributed by atoms with Crippen LogP contribution in [0, 0.1) is 0 Å². The second-order valence-electron chi connectivity index (χ2n) is 11.5. The van der Waals surface area contributed by atoms with Crippen LogP contribution in [0.3, 0.4) is 0 Å². The molecule has 3 aliphatic rings. The molecule has 10 rings (SSSR count). The van der Waals surface area contributed by atoms with E-state index in [-0.39, 0.29) is 33.1 Å². The largest absolute Gasteiger partial charge is 0.507 e. The number of ketones is 1. The van der Waals surface area contributed by atoms with Crippen LogP contribution in [-0.2, 0) is 5.41 Å². The van der Waals surface area contributed by atoms with Gasteiger partial charge in [0, 0.05) is 35.9 Å². The summed E-state index contributed by atoms with van der Waals surface area (Å²) in [4.78, 5) is 29.6. The van der Waals surface area contributed by atoms with Crippen molar-refractivity contribution < 1.29 is 20.1 Å². The van der Waals surface area contributed by atoms with E-state index in [4.69, 9.17) is 19.8 Å². The van der Waals surface area contributed by atoms with E-state index in [1.54, 1.807) is 54.9 Å². The van der Waals surface area contributed by atoms with Gasteiger partial charge < -0.3 is 21.5 Å². The Hall–Kier alpha value is -4.68. The minimum absolute atomic E-state index is 0. The van der Waals surface area contributed by atoms with Crippen LogP contribution in [0.4, 0.5) is 0 Å². The summed E-state index contributed by atoms with van der Waals surface area (Å²) in [5, 5.41) is 8.87. The molecule has 6 N–H and O–H groups in total. The molecule has 1 spiro atoms. The Kier molecular flexibility index (Phi) is 12.0. The molecule has 0 bridgehead atoms. The van der Waals surface area contributed by atoms with E-state index < -0.39 is 5.41 Å². The third-order valence-corrected chi connectivity index (χ3v) is 10.7. The van der Waals surface area contributed by atoms with E-state index in [9.17, 15) is 4.79 Å². The summed E-state index contributed by atoms with van der Waals surface area (Å²) in [6.45, 7) is 0. The highest BCUT2D eigenvalue weighted by molar-refractivity contribution is 9.11. The molecule has 53 heavy (non-hydrogen) atoms. The molecule has 3 aromatic carbocycles. The Morgan fingerprint density at radius 3 is 1.34 bits per heavy atom. The number of phenolic OH excluding ortho intramolecular Hbond substituents is 1. The van der Waals surface area contributed by atoms with Gasteiger partial charge in [0.15, 0.2) is 5.78 Å². The van der Waals surface area contributed by atoms with Crippen LogP contribution in [0.5, 0.6) is 17.2 Å². The number of aromatic nitrogens is 4. The predicted molar refractivity (Wildman–Crippen MR) is 221 cm³/mol. The van der Waals surface area contributed by atoms with Crippen LogP contribution >= 0.6 is 57.7 Å². The monoisotopic (exact) mass is 913 g/mol. The van der Waals surface area contributed by atoms with Crippen LogP contribution < -0.4 is 10.9 Å². The summed E-state index contributed by atoms with van der Waals surface area (Å²) in [5.41, 5.74) is 8.49. The fourth-order valence-electron chi connectivity index (χ4n) is 6.73. The van der Waals surface area contributed by atoms with Crippen LogP contribution in [-0.4, -0.2) is 36.3 Å². The Morgan fingerprint density at radius 1 is 0.509 bits per heavy atom. The number of carbonyl (C=O) groups is 1. The van der Waals surface area contributed by atoms with Gasteiger partial charge >= 0.3 is 0 Å². The van der Waals surface area contributed by atoms with E-state index in [1.807, 2.05) is 42.7 Å². The normalized spacial score (nSPS) is 12.4. The number of pyridine rings is 4. The molecule has 1 unspecified atom stereocenters. The average Bonchev–Trinajstić information content (AvgIpc) is 3.61. The Bertz CT molecular complexity index is 2320. The fourth-order valence-corrected chi connectivity index (χ4v) is 7.91. The number of para-hydroxylation sites is 3. The topological polar surface area (TPSA) is 165 Å². The van der Waals surface area contributed by atoms with E-state index in [2.05, 4.69) is 94.2 Å². The summed E-state index contributed by atoms with van der Waals surface area (Å²) in [6.07, 6.45) is 7.02. The standard InChI is InChI=1S/C23H12Br2N2O.C11H6N2O.C6H5BrO.H3N.H2O.H3P/c24-17-9-1-5-15-21(17)28-22-16(6-2-10-18(22)25)23(15)13-7-3-11-26-19(13)20-14(23)8-4-12-27-20;14-11-7-3-1-5-12-9(7)10-8(11)4-2-6-13-10;7-5-3-1-2-4-6(5)8;;;/h1-12H;1-6H;1-4,8H;1H3;1H2;1H3. The lowest BCUT2D eigenvalue weighted by molar-refractivity contribution is 0.104. The predicted octanol–water partition coefficient (Wildman–Crippen LogP) is 9.71. The smallest absolute Gasteiger partial charge is 0.197 e. The van der Waals surface area contributed by atoms with Crippen molar-refractivity contribution in [1.29, 1.82) is 0 Å². The van der Waals surface area contributed by atoms with Gasteiger partial charge in [-0.1, -0.05) is 48.5 Å². The van der Waals surface area contributed by atoms with Crippen LogP contribution in [0.1, 0.15) is 38.2 Å². The molecule has 266 valence electrons. The SMILES string of the molecule is Brc1cccc2c1Oc1c(Br)cccc1C21c2cccnc2-c2ncccc21.N.O.O=C1c2cccnc2-c2ncccc21.Oc1ccccc1Br.P. The van der Waals surface area contributed by atoms with Gasteiger partial charge in [-0.25, -0.2) is 0 Å². The summed E-state index contributed by atoms with van der Waals surface area (Å²) in [6, 6.07) is 34.9. The van der Waals surface area contributed by atoms with Crippen molar-refractivity contribution in [3.8, 4) is 40.0 Å². The molecule has 0 radical (unpaired) electrons. The lowest BCUT2D eigenvalue weighted by atomic mass is 9.66. The maximum Gasteiger partial charge on any atom is 0.197 e. The van der Waals surface area contributed by atoms with Crippen LogP contribution in [0.25, 0.3) is 22.8 Å². The Balaban J connectivity index is 0.000000181. The van der Waals surface area contributed by atoms with Gasteiger partial charge in [0.25, 0.3) is 0 Å². The molecule has 9 nitrogen and oxygen atoms in total. The van der Waals surface area contributed by atoms with E-state index in [0.717, 1.165) is 58.6 Å². The summed E-state index contributed by atoms with van der Waals surface area (Å²) >= 11 is 10.5. The first-order chi connectivity index (χ1) is 24.4. The quantitative estimate of drug-likeness (QED) is 0.142. The number of nitrogens with zero attached hydrogens (tertiary/aromatic N) is 4. The number of aromatic hydroxyl groups is 1. The van der Waals surface area contributed by atoms with Gasteiger partial charge in [0.1, 0.15) is 28.6 Å². The molecule has 7 aromatic rings. The molecule has 1 atom stereocenters. The van der Waals surface area contributed by atoms with E-state index >= 15 is 0 Å². The molecular formula is C40H31Br3N5O4P. The van der Waals surface area contributed by atoms with Gasteiger partial charge in [-0.2, -0.15) is 9.90 Å². The maximum atomic E-state index is 11.8. The third kappa shape index (κ3) is 6.50. The van der Waals surface area contributed by atoms with Gasteiger partial charge in [-0.15, -0.1) is 0 Å². The number of phenols is 1. The summed E-state index contributed by atoms with van der Waals surface area (Å²) < 4.78 is 9.01. The van der Waals surface area contributed by atoms with Gasteiger partial charge in [0.2, 0.25) is 0 Å². The van der Waals surface area contributed by atoms with Crippen molar-refractivity contribution >= 4 is 63.5 Å². The minimum Gasteiger partial charge on any atom is -0.507 e. The Labute approximate surface area is 333 Å². The number of carbonyl (C=O) groups excluding carboxylic acids is 1. The average molecular weight is 916 g/mol. The number of benzene rings is 3. The molecule has 5 heterocycles. The number of hydrogen-bond acceptors (Lipinski definition) is 8. The molecule has 1 aliphatic heterocycles. The van der Waals surface area contributed by atoms with Gasteiger partial charge in [0.05, 0.1) is 41.3 Å². The molecule has 0 saturated heterocycles. The summed E-state index contributed by atoms with van der Waals surface area (Å²) in [5.74, 6) is 1.96. The van der Waals surface area contributed by atoms with E-state index in [0.29, 0.717) is 22.5 Å². The molecule has 13 heteroatoms. The third-order valence-electron chi connectivity index (χ3n) is 8.78. The van der Waals surface area contributed by atoms with Crippen molar-refractivity contribution in [3.05, 3.63) is 181 Å². The second-order valence-corrected chi connectivity index (χ2v) is 14.0. The van der Waals surface area contributed by atoms with Crippen molar-refractivity contribution in [1.82, 2.24) is 26.1 Å². The first kappa shape index (κ1) is 39.5. The number of rotatable bonds is 0. The number of hydrogen-bond donors (Lipinski definition) is 2. The lowest BCUT2D eigenvalue weighted by Gasteiger charge is -2.39. The van der Waals surface area contributed by atoms with Crippen molar-refractivity contribution in [2.24, 2.45) is 0 Å². The highest BCUT2D eigenvalue weighted by Crippen LogP contribution is 2.62. The molecular weight excluding hydrogens is 885 g/mol. The zero-order valence-corrected chi connectivity index (χ0v) is 34.0. The number of halogens is 3. The van der Waals surface area contributed by atoms with Crippen LogP contribution in [0.15, 0.2) is 147 Å². The zero-order valence-electron chi connectivity index (χ0n) is 27.8. The van der Waals surface area contributed by atoms with Gasteiger partial charge in [-0.05, 0) is 120 Å². The summed E-state index contributed by atoms with van der Waals surface area (Å²) in [7, 11) is 0. The second kappa shape index (κ2) is 16.1. The van der Waals surface area contributed by atoms with Crippen molar-refractivity contribution in [2.45, 2.75) is 5.41 Å². The van der Waals surface area contributed by atoms with Crippen molar-refractivity contribution in [3.63, 3.8) is 0 Å². The van der Waals surface area contributed by atoms with Gasteiger partial charge in [-0.3, -0.25) is 24.7 Å². The van der Waals surface area contributed by atoms with Crippen LogP contribution in [0.2, 0.25) is 0 Å². The molecule has 4 aromatic heterocycles. The maximum absolute atomic E-state index is 11.8. The highest BCUT2D eigenvalue weighted by Gasteiger charge is 2.53. The van der Waals surface area contributed by atoms with Crippen molar-refractivity contribution in [2.75, 3.05) is 0 Å². The lowest BCUT2D eigenvalue weighted by Crippen LogP contribution is -2.32. The zero-order chi connectivity index (χ0) is 34.4. The first-order valence-electron chi connectivity index (χ1n) is 15.5. The molecule has 0 fully saturated rings. The fraction of sp³-hybridized carbons (Fsp3) is 0.0250. The molecule has 0 saturated carbocycles. The molecule has 2 aliphatic carbocycles. The molecule has 0 amide bonds. The number of ether oxygens (including phenoxy) is 1. The minimum atomic E-state index is -0.524. The number of fused-ring (bicyclic) bond motifs is 12.